The van der Waals surface area contributed by atoms with Gasteiger partial charge in [0.05, 0.1) is 30.0 Å². The SMILES string of the molecule is CC(C)(CN1CCC(COc2ccc(-c3ccc(C(=O)N4C[C@H](O)C[C@H]4C(N)=O)cc3F)nc2)CC1)C(F)(F)F. The summed E-state index contributed by atoms with van der Waals surface area (Å²) in [4.78, 5) is 31.7. The second-order valence-corrected chi connectivity index (χ2v) is 11.3. The molecule has 2 aromatic rings. The van der Waals surface area contributed by atoms with Crippen LogP contribution in [0.3, 0.4) is 0 Å². The molecule has 3 N–H and O–H groups in total. The van der Waals surface area contributed by atoms with Crippen molar-refractivity contribution in [1.29, 1.82) is 0 Å². The molecule has 2 aliphatic rings. The lowest BCUT2D eigenvalue weighted by atomic mass is 9.89. The normalized spacial score (nSPS) is 21.0. The summed E-state index contributed by atoms with van der Waals surface area (Å²) in [6, 6.07) is 6.22. The highest BCUT2D eigenvalue weighted by molar-refractivity contribution is 5.98. The Balaban J connectivity index is 1.31. The number of benzene rings is 1. The van der Waals surface area contributed by atoms with Crippen molar-refractivity contribution >= 4 is 11.8 Å². The summed E-state index contributed by atoms with van der Waals surface area (Å²) >= 11 is 0. The number of aromatic nitrogens is 1. The number of ether oxygens (including phenoxy) is 1. The summed E-state index contributed by atoms with van der Waals surface area (Å²) in [7, 11) is 0. The molecule has 2 fully saturated rings. The molecule has 0 saturated carbocycles. The standard InChI is InChI=1S/C28H34F4N4O4/c1-27(2,28(30,31)32)16-35-9-7-17(8-10-35)15-40-20-4-6-23(34-13-20)21-5-3-18(11-22(21)29)26(39)36-14-19(37)12-24(36)25(33)38/h3-6,11,13,17,19,24,37H,7-10,12,14-16H2,1-2H3,(H2,33,38)/t19-,24+/m1/s1. The van der Waals surface area contributed by atoms with Gasteiger partial charge in [0.1, 0.15) is 17.6 Å². The average molecular weight is 567 g/mol. The number of amides is 2. The van der Waals surface area contributed by atoms with E-state index in [2.05, 4.69) is 4.98 Å². The number of hydrogen-bond donors (Lipinski definition) is 2. The third-order valence-corrected chi connectivity index (χ3v) is 7.68. The van der Waals surface area contributed by atoms with E-state index in [0.29, 0.717) is 31.1 Å². The van der Waals surface area contributed by atoms with Gasteiger partial charge in [0, 0.05) is 30.6 Å². The molecule has 0 bridgehead atoms. The summed E-state index contributed by atoms with van der Waals surface area (Å²) in [6.07, 6.45) is -2.16. The van der Waals surface area contributed by atoms with Gasteiger partial charge in [-0.05, 0) is 76.0 Å². The van der Waals surface area contributed by atoms with Gasteiger partial charge >= 0.3 is 6.18 Å². The number of halogens is 4. The molecule has 3 heterocycles. The van der Waals surface area contributed by atoms with Gasteiger partial charge < -0.3 is 25.4 Å². The first-order valence-corrected chi connectivity index (χ1v) is 13.2. The quantitative estimate of drug-likeness (QED) is 0.473. The zero-order valence-electron chi connectivity index (χ0n) is 22.5. The van der Waals surface area contributed by atoms with Crippen LogP contribution in [-0.2, 0) is 4.79 Å². The molecule has 0 unspecified atom stereocenters. The van der Waals surface area contributed by atoms with Gasteiger partial charge in [-0.25, -0.2) is 4.39 Å². The van der Waals surface area contributed by atoms with Crippen molar-refractivity contribution in [2.24, 2.45) is 17.1 Å². The number of carbonyl (C=O) groups excluding carboxylic acids is 2. The molecule has 8 nitrogen and oxygen atoms in total. The van der Waals surface area contributed by atoms with E-state index in [1.54, 1.807) is 12.1 Å². The molecule has 0 radical (unpaired) electrons. The maximum absolute atomic E-state index is 15.0. The van der Waals surface area contributed by atoms with Crippen LogP contribution in [0.25, 0.3) is 11.3 Å². The smallest absolute Gasteiger partial charge is 0.395 e. The van der Waals surface area contributed by atoms with E-state index in [0.717, 1.165) is 23.8 Å². The van der Waals surface area contributed by atoms with Crippen LogP contribution in [0.4, 0.5) is 17.6 Å². The molecule has 2 aliphatic heterocycles. The summed E-state index contributed by atoms with van der Waals surface area (Å²) in [5.74, 6) is -1.32. The van der Waals surface area contributed by atoms with Gasteiger partial charge in [-0.3, -0.25) is 14.6 Å². The maximum atomic E-state index is 15.0. The van der Waals surface area contributed by atoms with Crippen molar-refractivity contribution in [3.05, 3.63) is 47.9 Å². The summed E-state index contributed by atoms with van der Waals surface area (Å²) in [5, 5.41) is 9.84. The van der Waals surface area contributed by atoms with Crippen molar-refractivity contribution in [3.63, 3.8) is 0 Å². The minimum Gasteiger partial charge on any atom is -0.492 e. The fourth-order valence-electron chi connectivity index (χ4n) is 5.13. The Hall–Kier alpha value is -3.25. The topological polar surface area (TPSA) is 109 Å². The van der Waals surface area contributed by atoms with Gasteiger partial charge in [0.15, 0.2) is 0 Å². The highest BCUT2D eigenvalue weighted by Gasteiger charge is 2.48. The zero-order chi connectivity index (χ0) is 29.2. The molecule has 218 valence electrons. The molecule has 2 saturated heterocycles. The average Bonchev–Trinajstić information content (AvgIpc) is 3.29. The van der Waals surface area contributed by atoms with Crippen LogP contribution in [0.5, 0.6) is 5.75 Å². The molecule has 12 heteroatoms. The van der Waals surface area contributed by atoms with Gasteiger partial charge in [0.2, 0.25) is 5.91 Å². The van der Waals surface area contributed by atoms with Crippen molar-refractivity contribution < 1.29 is 37.0 Å². The van der Waals surface area contributed by atoms with Crippen LogP contribution in [-0.4, -0.2) is 82.8 Å². The number of carbonyl (C=O) groups is 2. The number of likely N-dealkylation sites (tertiary alicyclic amines) is 2. The fraction of sp³-hybridized carbons (Fsp3) is 0.536. The fourth-order valence-corrected chi connectivity index (χ4v) is 5.13. The van der Waals surface area contributed by atoms with Crippen LogP contribution in [0.1, 0.15) is 43.5 Å². The van der Waals surface area contributed by atoms with E-state index in [9.17, 15) is 32.3 Å². The van der Waals surface area contributed by atoms with Crippen molar-refractivity contribution in [1.82, 2.24) is 14.8 Å². The number of hydrogen-bond acceptors (Lipinski definition) is 6. The first-order chi connectivity index (χ1) is 18.7. The number of pyridine rings is 1. The number of piperidine rings is 1. The van der Waals surface area contributed by atoms with E-state index >= 15 is 0 Å². The van der Waals surface area contributed by atoms with Gasteiger partial charge in [-0.1, -0.05) is 0 Å². The number of primary amides is 1. The lowest BCUT2D eigenvalue weighted by molar-refractivity contribution is -0.217. The minimum absolute atomic E-state index is 0.0228. The van der Waals surface area contributed by atoms with E-state index in [1.807, 2.05) is 4.90 Å². The third-order valence-electron chi connectivity index (χ3n) is 7.68. The number of alkyl halides is 3. The van der Waals surface area contributed by atoms with E-state index in [-0.39, 0.29) is 36.6 Å². The summed E-state index contributed by atoms with van der Waals surface area (Å²) in [5.41, 5.74) is 4.10. The largest absolute Gasteiger partial charge is 0.492 e. The number of rotatable bonds is 8. The van der Waals surface area contributed by atoms with Crippen molar-refractivity contribution in [2.75, 3.05) is 32.8 Å². The van der Waals surface area contributed by atoms with E-state index in [1.165, 1.54) is 32.2 Å². The van der Waals surface area contributed by atoms with Crippen LogP contribution in [0.15, 0.2) is 36.5 Å². The molecule has 40 heavy (non-hydrogen) atoms. The third kappa shape index (κ3) is 6.72. The Bertz CT molecular complexity index is 1210. The molecule has 1 aromatic carbocycles. The zero-order valence-corrected chi connectivity index (χ0v) is 22.5. The highest BCUT2D eigenvalue weighted by Crippen LogP contribution is 2.38. The van der Waals surface area contributed by atoms with Crippen molar-refractivity contribution in [2.45, 2.75) is 51.4 Å². The van der Waals surface area contributed by atoms with E-state index in [4.69, 9.17) is 10.5 Å². The summed E-state index contributed by atoms with van der Waals surface area (Å²) in [6.45, 7) is 3.90. The second kappa shape index (κ2) is 11.7. The minimum atomic E-state index is -4.25. The Morgan fingerprint density at radius 1 is 1.15 bits per heavy atom. The van der Waals surface area contributed by atoms with Crippen LogP contribution in [0.2, 0.25) is 0 Å². The first kappa shape index (κ1) is 29.7. The second-order valence-electron chi connectivity index (χ2n) is 11.3. The summed E-state index contributed by atoms with van der Waals surface area (Å²) < 4.78 is 60.3. The monoisotopic (exact) mass is 566 g/mol. The van der Waals surface area contributed by atoms with Crippen LogP contribution >= 0.6 is 0 Å². The Kier molecular flexibility index (Phi) is 8.69. The molecule has 2 amide bonds. The number of nitrogens with zero attached hydrogens (tertiary/aromatic N) is 3. The molecule has 4 rings (SSSR count). The number of β-amino-alcohol motifs (C(OH)–C–C–N with tert-alkyl or cyclic N) is 1. The predicted molar refractivity (Wildman–Crippen MR) is 139 cm³/mol. The van der Waals surface area contributed by atoms with Crippen LogP contribution < -0.4 is 10.5 Å². The number of nitrogens with two attached hydrogens (primary N) is 1. The van der Waals surface area contributed by atoms with Gasteiger partial charge in [-0.2, -0.15) is 13.2 Å². The highest BCUT2D eigenvalue weighted by atomic mass is 19.4. The Morgan fingerprint density at radius 3 is 2.42 bits per heavy atom. The van der Waals surface area contributed by atoms with Crippen molar-refractivity contribution in [3.8, 4) is 17.0 Å². The number of aliphatic hydroxyl groups excluding tert-OH is 1. The molecule has 1 aromatic heterocycles. The molecule has 0 aliphatic carbocycles. The molecular formula is C28H34F4N4O4. The molecular weight excluding hydrogens is 532 g/mol. The molecule has 0 spiro atoms. The molecule has 2 atom stereocenters. The lowest BCUT2D eigenvalue weighted by Gasteiger charge is -2.38. The van der Waals surface area contributed by atoms with Gasteiger partial charge in [0.25, 0.3) is 5.91 Å². The number of aliphatic hydroxyl groups is 1. The Morgan fingerprint density at radius 2 is 1.85 bits per heavy atom. The first-order valence-electron chi connectivity index (χ1n) is 13.2. The predicted octanol–water partition coefficient (Wildman–Crippen LogP) is 3.63. The van der Waals surface area contributed by atoms with Crippen LogP contribution in [0, 0.1) is 17.2 Å². The van der Waals surface area contributed by atoms with Gasteiger partial charge in [-0.15, -0.1) is 0 Å². The van der Waals surface area contributed by atoms with E-state index < -0.39 is 41.4 Å². The Labute approximate surface area is 230 Å². The maximum Gasteiger partial charge on any atom is 0.395 e. The lowest BCUT2D eigenvalue weighted by Crippen LogP contribution is -2.46.